The smallest absolute Gasteiger partial charge is 0.341 e. The Morgan fingerprint density at radius 3 is 2.33 bits per heavy atom. The maximum absolute atomic E-state index is 13.9. The number of amides is 1. The second-order valence-corrected chi connectivity index (χ2v) is 6.54. The Balaban J connectivity index is 1.99. The minimum atomic E-state index is -0.981. The number of nitrogens with one attached hydrogen (secondary N) is 1. The lowest BCUT2D eigenvalue weighted by molar-refractivity contribution is 0.0528. The van der Waals surface area contributed by atoms with Crippen molar-refractivity contribution in [1.82, 2.24) is 0 Å². The molecular formula is C20H15F2NO3S. The van der Waals surface area contributed by atoms with Crippen LogP contribution in [-0.2, 0) is 4.74 Å². The predicted molar refractivity (Wildman–Crippen MR) is 100 cm³/mol. The second-order valence-electron chi connectivity index (χ2n) is 5.49. The Morgan fingerprint density at radius 2 is 1.70 bits per heavy atom. The highest BCUT2D eigenvalue weighted by atomic mass is 32.1. The molecule has 1 N–H and O–H groups in total. The lowest BCUT2D eigenvalue weighted by Crippen LogP contribution is -2.17. The van der Waals surface area contributed by atoms with Crippen molar-refractivity contribution in [1.29, 1.82) is 0 Å². The first kappa shape index (κ1) is 18.7. The van der Waals surface area contributed by atoms with Crippen molar-refractivity contribution in [2.45, 2.75) is 6.92 Å². The molecule has 0 radical (unpaired) electrons. The van der Waals surface area contributed by atoms with Gasteiger partial charge in [-0.25, -0.2) is 13.6 Å². The van der Waals surface area contributed by atoms with Crippen LogP contribution in [0.5, 0.6) is 0 Å². The summed E-state index contributed by atoms with van der Waals surface area (Å²) in [7, 11) is 0. The predicted octanol–water partition coefficient (Wildman–Crippen LogP) is 5.12. The molecule has 0 unspecified atom stereocenters. The van der Waals surface area contributed by atoms with Gasteiger partial charge in [-0.2, -0.15) is 0 Å². The van der Waals surface area contributed by atoms with Crippen molar-refractivity contribution < 1.29 is 23.1 Å². The molecule has 1 amide bonds. The summed E-state index contributed by atoms with van der Waals surface area (Å²) in [5.41, 5.74) is 0.262. The van der Waals surface area contributed by atoms with Crippen molar-refractivity contribution in [2.75, 3.05) is 11.9 Å². The quantitative estimate of drug-likeness (QED) is 0.618. The highest BCUT2D eigenvalue weighted by Gasteiger charge is 2.23. The first-order valence-electron chi connectivity index (χ1n) is 8.13. The highest BCUT2D eigenvalue weighted by molar-refractivity contribution is 7.20. The van der Waals surface area contributed by atoms with Crippen LogP contribution in [0.1, 0.15) is 27.6 Å². The number of anilines is 1. The van der Waals surface area contributed by atoms with Crippen LogP contribution in [0.3, 0.4) is 0 Å². The number of carbonyl (C=O) groups excluding carboxylic acids is 2. The van der Waals surface area contributed by atoms with Gasteiger partial charge >= 0.3 is 5.97 Å². The van der Waals surface area contributed by atoms with Gasteiger partial charge in [0.2, 0.25) is 0 Å². The third kappa shape index (κ3) is 4.03. The molecule has 1 heterocycles. The fourth-order valence-corrected chi connectivity index (χ4v) is 3.52. The van der Waals surface area contributed by atoms with Crippen molar-refractivity contribution >= 4 is 28.2 Å². The third-order valence-electron chi connectivity index (χ3n) is 3.70. The minimum absolute atomic E-state index is 0.130. The summed E-state index contributed by atoms with van der Waals surface area (Å²) in [5.74, 6) is -3.56. The normalized spacial score (nSPS) is 10.5. The zero-order valence-electron chi connectivity index (χ0n) is 14.3. The lowest BCUT2D eigenvalue weighted by Gasteiger charge is -2.07. The van der Waals surface area contributed by atoms with E-state index in [1.165, 1.54) is 6.07 Å². The molecule has 138 valence electrons. The zero-order chi connectivity index (χ0) is 19.4. The molecule has 7 heteroatoms. The summed E-state index contributed by atoms with van der Waals surface area (Å²) in [4.78, 5) is 25.4. The number of ether oxygens (including phenoxy) is 1. The summed E-state index contributed by atoms with van der Waals surface area (Å²) in [6, 6.07) is 14.0. The van der Waals surface area contributed by atoms with E-state index in [1.54, 1.807) is 13.0 Å². The van der Waals surface area contributed by atoms with Gasteiger partial charge in [-0.15, -0.1) is 11.3 Å². The van der Waals surface area contributed by atoms with Gasteiger partial charge in [0.05, 0.1) is 12.2 Å². The Labute approximate surface area is 158 Å². The molecule has 3 aromatic rings. The molecule has 0 aliphatic heterocycles. The van der Waals surface area contributed by atoms with E-state index in [-0.39, 0.29) is 17.2 Å². The fourth-order valence-electron chi connectivity index (χ4n) is 2.47. The van der Waals surface area contributed by atoms with Crippen molar-refractivity contribution in [3.63, 3.8) is 0 Å². The molecule has 0 atom stereocenters. The monoisotopic (exact) mass is 387 g/mol. The van der Waals surface area contributed by atoms with Crippen LogP contribution in [0, 0.1) is 11.6 Å². The van der Waals surface area contributed by atoms with Crippen LogP contribution in [0.4, 0.5) is 13.8 Å². The number of rotatable bonds is 5. The highest BCUT2D eigenvalue weighted by Crippen LogP contribution is 2.36. The molecule has 2 aromatic carbocycles. The Kier molecular flexibility index (Phi) is 5.61. The van der Waals surface area contributed by atoms with Gasteiger partial charge in [0.1, 0.15) is 22.2 Å². The SMILES string of the molecule is CCOC(=O)c1cc(-c2ccccc2)sc1NC(=O)c1c(F)cccc1F. The summed E-state index contributed by atoms with van der Waals surface area (Å²) in [5, 5.41) is 2.60. The van der Waals surface area contributed by atoms with E-state index in [9.17, 15) is 18.4 Å². The van der Waals surface area contributed by atoms with Crippen LogP contribution in [0.25, 0.3) is 10.4 Å². The molecule has 4 nitrogen and oxygen atoms in total. The van der Waals surface area contributed by atoms with E-state index < -0.39 is 29.1 Å². The van der Waals surface area contributed by atoms with Crippen molar-refractivity contribution in [3.8, 4) is 10.4 Å². The van der Waals surface area contributed by atoms with E-state index in [0.29, 0.717) is 4.88 Å². The average Bonchev–Trinajstić information content (AvgIpc) is 3.06. The number of esters is 1. The van der Waals surface area contributed by atoms with Gasteiger partial charge in [-0.05, 0) is 30.7 Å². The average molecular weight is 387 g/mol. The van der Waals surface area contributed by atoms with Crippen LogP contribution in [-0.4, -0.2) is 18.5 Å². The van der Waals surface area contributed by atoms with E-state index in [4.69, 9.17) is 4.74 Å². The minimum Gasteiger partial charge on any atom is -0.462 e. The number of hydrogen-bond acceptors (Lipinski definition) is 4. The largest absolute Gasteiger partial charge is 0.462 e. The molecule has 0 bridgehead atoms. The third-order valence-corrected chi connectivity index (χ3v) is 4.80. The molecule has 0 aliphatic rings. The molecule has 0 saturated carbocycles. The molecular weight excluding hydrogens is 372 g/mol. The lowest BCUT2D eigenvalue weighted by atomic mass is 10.1. The van der Waals surface area contributed by atoms with Crippen LogP contribution in [0.2, 0.25) is 0 Å². The zero-order valence-corrected chi connectivity index (χ0v) is 15.1. The molecule has 0 aliphatic carbocycles. The molecule has 0 fully saturated rings. The topological polar surface area (TPSA) is 55.4 Å². The van der Waals surface area contributed by atoms with Crippen molar-refractivity contribution in [3.05, 3.63) is 77.4 Å². The molecule has 3 rings (SSSR count). The van der Waals surface area contributed by atoms with Crippen LogP contribution < -0.4 is 5.32 Å². The van der Waals surface area contributed by atoms with Gasteiger partial charge in [0.25, 0.3) is 5.91 Å². The maximum atomic E-state index is 13.9. The van der Waals surface area contributed by atoms with Crippen molar-refractivity contribution in [2.24, 2.45) is 0 Å². The summed E-state index contributed by atoms with van der Waals surface area (Å²) >= 11 is 1.12. The Bertz CT molecular complexity index is 966. The van der Waals surface area contributed by atoms with E-state index >= 15 is 0 Å². The molecule has 1 aromatic heterocycles. The summed E-state index contributed by atoms with van der Waals surface area (Å²) in [6.45, 7) is 1.82. The van der Waals surface area contributed by atoms with Gasteiger partial charge in [-0.3, -0.25) is 4.79 Å². The number of thiophene rings is 1. The first-order valence-corrected chi connectivity index (χ1v) is 8.94. The summed E-state index contributed by atoms with van der Waals surface area (Å²) < 4.78 is 32.7. The van der Waals surface area contributed by atoms with E-state index in [2.05, 4.69) is 5.32 Å². The number of benzene rings is 2. The molecule has 0 spiro atoms. The number of carbonyl (C=O) groups is 2. The van der Waals surface area contributed by atoms with Gasteiger partial charge in [0, 0.05) is 4.88 Å². The van der Waals surface area contributed by atoms with Gasteiger partial charge < -0.3 is 10.1 Å². The second kappa shape index (κ2) is 8.09. The van der Waals surface area contributed by atoms with Gasteiger partial charge in [0.15, 0.2) is 0 Å². The standard InChI is InChI=1S/C20H15F2NO3S/c1-2-26-20(25)13-11-16(12-7-4-3-5-8-12)27-19(13)23-18(24)17-14(21)9-6-10-15(17)22/h3-11H,2H2,1H3,(H,23,24). The Hall–Kier alpha value is -3.06. The maximum Gasteiger partial charge on any atom is 0.341 e. The fraction of sp³-hybridized carbons (Fsp3) is 0.100. The van der Waals surface area contributed by atoms with Crippen LogP contribution >= 0.6 is 11.3 Å². The molecule has 0 saturated heterocycles. The Morgan fingerprint density at radius 1 is 1.04 bits per heavy atom. The molecule has 27 heavy (non-hydrogen) atoms. The van der Waals surface area contributed by atoms with E-state index in [1.807, 2.05) is 30.3 Å². The van der Waals surface area contributed by atoms with Crippen LogP contribution in [0.15, 0.2) is 54.6 Å². The first-order chi connectivity index (χ1) is 13.0. The van der Waals surface area contributed by atoms with E-state index in [0.717, 1.165) is 29.0 Å². The number of hydrogen-bond donors (Lipinski definition) is 1. The number of halogens is 2. The van der Waals surface area contributed by atoms with Gasteiger partial charge in [-0.1, -0.05) is 36.4 Å². The summed E-state index contributed by atoms with van der Waals surface area (Å²) in [6.07, 6.45) is 0.